The Bertz CT molecular complexity index is 512. The molecule has 2 rings (SSSR count). The van der Waals surface area contributed by atoms with Crippen LogP contribution in [0.1, 0.15) is 32.8 Å². The minimum absolute atomic E-state index is 0.448. The van der Waals surface area contributed by atoms with E-state index >= 15 is 0 Å². The molecule has 1 unspecified atom stereocenters. The van der Waals surface area contributed by atoms with Gasteiger partial charge in [0.1, 0.15) is 0 Å². The van der Waals surface area contributed by atoms with E-state index in [9.17, 15) is 5.11 Å². The number of hydrogen-bond acceptors (Lipinski definition) is 2. The second kappa shape index (κ2) is 4.46. The van der Waals surface area contributed by atoms with Crippen molar-refractivity contribution in [1.82, 2.24) is 4.98 Å². The molecule has 1 N–H and O–H groups in total. The zero-order chi connectivity index (χ0) is 12.5. The second-order valence-corrected chi connectivity index (χ2v) is 5.25. The van der Waals surface area contributed by atoms with E-state index < -0.39 is 5.60 Å². The normalized spacial score (nSPS) is 15.1. The highest BCUT2D eigenvalue weighted by molar-refractivity contribution is 5.82. The fourth-order valence-electron chi connectivity index (χ4n) is 2.44. The molecule has 2 heteroatoms. The third-order valence-corrected chi connectivity index (χ3v) is 3.02. The van der Waals surface area contributed by atoms with Crippen LogP contribution in [0.25, 0.3) is 10.9 Å². The third-order valence-electron chi connectivity index (χ3n) is 3.02. The highest BCUT2D eigenvalue weighted by Crippen LogP contribution is 2.32. The molecule has 0 aliphatic carbocycles. The molecule has 0 radical (unpaired) electrons. The van der Waals surface area contributed by atoms with E-state index in [0.29, 0.717) is 5.92 Å². The molecule has 0 aliphatic heterocycles. The quantitative estimate of drug-likeness (QED) is 0.874. The molecule has 2 aromatic rings. The number of hydrogen-bond donors (Lipinski definition) is 1. The molecule has 0 saturated carbocycles. The van der Waals surface area contributed by atoms with Crippen molar-refractivity contribution in [1.29, 1.82) is 0 Å². The van der Waals surface area contributed by atoms with E-state index in [4.69, 9.17) is 0 Å². The molecule has 0 bridgehead atoms. The van der Waals surface area contributed by atoms with Crippen LogP contribution in [0.4, 0.5) is 0 Å². The Morgan fingerprint density at radius 3 is 2.65 bits per heavy atom. The maximum absolute atomic E-state index is 10.6. The first-order chi connectivity index (χ1) is 8.00. The van der Waals surface area contributed by atoms with Crippen LogP contribution in [0.2, 0.25) is 0 Å². The molecule has 2 nitrogen and oxygen atoms in total. The van der Waals surface area contributed by atoms with Gasteiger partial charge in [0.25, 0.3) is 0 Å². The van der Waals surface area contributed by atoms with E-state index in [2.05, 4.69) is 18.8 Å². The van der Waals surface area contributed by atoms with Crippen molar-refractivity contribution >= 4 is 10.9 Å². The van der Waals surface area contributed by atoms with Crippen LogP contribution in [-0.4, -0.2) is 10.1 Å². The minimum Gasteiger partial charge on any atom is -0.385 e. The molecule has 0 aliphatic rings. The minimum atomic E-state index is -0.817. The van der Waals surface area contributed by atoms with Crippen molar-refractivity contribution in [3.63, 3.8) is 0 Å². The van der Waals surface area contributed by atoms with Crippen molar-refractivity contribution < 1.29 is 5.11 Å². The summed E-state index contributed by atoms with van der Waals surface area (Å²) in [5.41, 5.74) is 1.01. The zero-order valence-corrected chi connectivity index (χ0v) is 10.6. The standard InChI is InChI=1S/C15H19NO/c1-11(2)10-15(3,17)13-8-4-6-12-7-5-9-16-14(12)13/h4-9,11,17H,10H2,1-3H3. The third kappa shape index (κ3) is 2.47. The lowest BCUT2D eigenvalue weighted by molar-refractivity contribution is 0.0362. The summed E-state index contributed by atoms with van der Waals surface area (Å²) in [5.74, 6) is 0.448. The number of para-hydroxylation sites is 1. The topological polar surface area (TPSA) is 33.1 Å². The summed E-state index contributed by atoms with van der Waals surface area (Å²) in [5, 5.41) is 11.7. The van der Waals surface area contributed by atoms with E-state index in [1.807, 2.05) is 37.3 Å². The first kappa shape index (κ1) is 12.1. The smallest absolute Gasteiger partial charge is 0.0892 e. The zero-order valence-electron chi connectivity index (χ0n) is 10.6. The van der Waals surface area contributed by atoms with Gasteiger partial charge in [-0.15, -0.1) is 0 Å². The Labute approximate surface area is 102 Å². The maximum atomic E-state index is 10.6. The Balaban J connectivity index is 2.55. The number of fused-ring (bicyclic) bond motifs is 1. The lowest BCUT2D eigenvalue weighted by atomic mass is 9.86. The fraction of sp³-hybridized carbons (Fsp3) is 0.400. The number of rotatable bonds is 3. The molecule has 0 amide bonds. The van der Waals surface area contributed by atoms with Crippen LogP contribution >= 0.6 is 0 Å². The Kier molecular flexibility index (Phi) is 3.16. The number of nitrogens with zero attached hydrogens (tertiary/aromatic N) is 1. The molecule has 17 heavy (non-hydrogen) atoms. The van der Waals surface area contributed by atoms with Gasteiger partial charge in [0, 0.05) is 17.1 Å². The SMILES string of the molecule is CC(C)CC(C)(O)c1cccc2cccnc12. The molecule has 90 valence electrons. The molecule has 0 saturated heterocycles. The average Bonchev–Trinajstić information content (AvgIpc) is 2.26. The van der Waals surface area contributed by atoms with E-state index in [1.165, 1.54) is 0 Å². The Morgan fingerprint density at radius 1 is 1.24 bits per heavy atom. The molecule has 1 aromatic heterocycles. The lowest BCUT2D eigenvalue weighted by Crippen LogP contribution is -2.24. The van der Waals surface area contributed by atoms with Crippen LogP contribution in [0, 0.1) is 5.92 Å². The predicted molar refractivity (Wildman–Crippen MR) is 70.8 cm³/mol. The summed E-state index contributed by atoms with van der Waals surface area (Å²) in [6.07, 6.45) is 2.51. The first-order valence-corrected chi connectivity index (χ1v) is 6.07. The van der Waals surface area contributed by atoms with Gasteiger partial charge in [0.15, 0.2) is 0 Å². The molecular formula is C15H19NO. The van der Waals surface area contributed by atoms with Gasteiger partial charge in [-0.05, 0) is 25.3 Å². The maximum Gasteiger partial charge on any atom is 0.0892 e. The van der Waals surface area contributed by atoms with Crippen LogP contribution in [0.15, 0.2) is 36.5 Å². The van der Waals surface area contributed by atoms with Crippen molar-refractivity contribution in [3.8, 4) is 0 Å². The highest BCUT2D eigenvalue weighted by Gasteiger charge is 2.26. The molecule has 0 fully saturated rings. The largest absolute Gasteiger partial charge is 0.385 e. The number of pyridine rings is 1. The van der Waals surface area contributed by atoms with E-state index in [0.717, 1.165) is 22.9 Å². The Morgan fingerprint density at radius 2 is 1.94 bits per heavy atom. The van der Waals surface area contributed by atoms with Gasteiger partial charge < -0.3 is 5.11 Å². The molecular weight excluding hydrogens is 210 g/mol. The van der Waals surface area contributed by atoms with Crippen molar-refractivity contribution in [3.05, 3.63) is 42.1 Å². The van der Waals surface area contributed by atoms with Gasteiger partial charge in [0.2, 0.25) is 0 Å². The molecule has 1 aromatic carbocycles. The Hall–Kier alpha value is -1.41. The summed E-state index contributed by atoms with van der Waals surface area (Å²) >= 11 is 0. The van der Waals surface area contributed by atoms with Crippen LogP contribution in [0.5, 0.6) is 0 Å². The summed E-state index contributed by atoms with van der Waals surface area (Å²) in [6.45, 7) is 6.11. The van der Waals surface area contributed by atoms with Crippen LogP contribution in [-0.2, 0) is 5.60 Å². The number of aliphatic hydroxyl groups is 1. The number of aromatic nitrogens is 1. The van der Waals surface area contributed by atoms with Gasteiger partial charge in [0.05, 0.1) is 11.1 Å². The molecule has 0 spiro atoms. The lowest BCUT2D eigenvalue weighted by Gasteiger charge is -2.26. The summed E-state index contributed by atoms with van der Waals surface area (Å²) in [6, 6.07) is 9.92. The second-order valence-electron chi connectivity index (χ2n) is 5.25. The van der Waals surface area contributed by atoms with Crippen molar-refractivity contribution in [2.24, 2.45) is 5.92 Å². The van der Waals surface area contributed by atoms with Crippen molar-refractivity contribution in [2.75, 3.05) is 0 Å². The monoisotopic (exact) mass is 229 g/mol. The number of benzene rings is 1. The van der Waals surface area contributed by atoms with Gasteiger partial charge in [-0.1, -0.05) is 38.1 Å². The summed E-state index contributed by atoms with van der Waals surface area (Å²) in [4.78, 5) is 4.39. The molecule has 1 heterocycles. The van der Waals surface area contributed by atoms with Gasteiger partial charge in [-0.3, -0.25) is 4.98 Å². The summed E-state index contributed by atoms with van der Waals surface area (Å²) < 4.78 is 0. The van der Waals surface area contributed by atoms with E-state index in [-0.39, 0.29) is 0 Å². The van der Waals surface area contributed by atoms with E-state index in [1.54, 1.807) is 6.20 Å². The van der Waals surface area contributed by atoms with Gasteiger partial charge in [-0.2, -0.15) is 0 Å². The fourth-order valence-corrected chi connectivity index (χ4v) is 2.44. The van der Waals surface area contributed by atoms with Crippen LogP contribution < -0.4 is 0 Å². The average molecular weight is 229 g/mol. The van der Waals surface area contributed by atoms with Crippen LogP contribution in [0.3, 0.4) is 0 Å². The predicted octanol–water partition coefficient (Wildman–Crippen LogP) is 3.49. The van der Waals surface area contributed by atoms with Crippen molar-refractivity contribution in [2.45, 2.75) is 32.8 Å². The van der Waals surface area contributed by atoms with Gasteiger partial charge >= 0.3 is 0 Å². The van der Waals surface area contributed by atoms with Gasteiger partial charge in [-0.25, -0.2) is 0 Å². The summed E-state index contributed by atoms with van der Waals surface area (Å²) in [7, 11) is 0. The first-order valence-electron chi connectivity index (χ1n) is 6.07. The molecule has 1 atom stereocenters. The highest BCUT2D eigenvalue weighted by atomic mass is 16.3.